The van der Waals surface area contributed by atoms with E-state index in [9.17, 15) is 0 Å². The molecule has 0 fully saturated rings. The molecule has 3 rings (SSSR count). The van der Waals surface area contributed by atoms with E-state index in [-0.39, 0.29) is 0 Å². The molecular formula is C14H17N. The third-order valence-corrected chi connectivity index (χ3v) is 3.51. The fourth-order valence-corrected chi connectivity index (χ4v) is 2.71. The van der Waals surface area contributed by atoms with Gasteiger partial charge in [-0.25, -0.2) is 0 Å². The van der Waals surface area contributed by atoms with Crippen molar-refractivity contribution < 1.29 is 0 Å². The van der Waals surface area contributed by atoms with Crippen LogP contribution in [0.4, 0.5) is 0 Å². The van der Waals surface area contributed by atoms with Crippen LogP contribution in [0.5, 0.6) is 0 Å². The molecule has 0 atom stereocenters. The quantitative estimate of drug-likeness (QED) is 0.663. The van der Waals surface area contributed by atoms with Gasteiger partial charge in [-0.2, -0.15) is 0 Å². The van der Waals surface area contributed by atoms with Crippen LogP contribution in [-0.4, -0.2) is 4.98 Å². The average molecular weight is 199 g/mol. The van der Waals surface area contributed by atoms with Crippen molar-refractivity contribution in [3.8, 4) is 0 Å². The first-order valence-corrected chi connectivity index (χ1v) is 6.03. The highest BCUT2D eigenvalue weighted by atomic mass is 14.7. The topological polar surface area (TPSA) is 15.8 Å². The summed E-state index contributed by atoms with van der Waals surface area (Å²) in [6.07, 6.45) is 8.01. The molecule has 0 radical (unpaired) electrons. The van der Waals surface area contributed by atoms with Gasteiger partial charge in [0.05, 0.1) is 0 Å². The van der Waals surface area contributed by atoms with Crippen molar-refractivity contribution in [3.63, 3.8) is 0 Å². The number of hydrogen-bond donors (Lipinski definition) is 1. The minimum Gasteiger partial charge on any atom is -0.358 e. The van der Waals surface area contributed by atoms with Crippen LogP contribution in [0.2, 0.25) is 0 Å². The van der Waals surface area contributed by atoms with Gasteiger partial charge in [0.1, 0.15) is 0 Å². The molecule has 1 aromatic heterocycles. The lowest BCUT2D eigenvalue weighted by atomic mass is 9.97. The summed E-state index contributed by atoms with van der Waals surface area (Å²) in [5, 5.41) is 1.45. The first kappa shape index (κ1) is 9.02. The molecule has 0 amide bonds. The number of fused-ring (bicyclic) bond motifs is 3. The number of aryl methyl sites for hydroxylation is 2. The molecular weight excluding hydrogens is 182 g/mol. The van der Waals surface area contributed by atoms with Crippen molar-refractivity contribution in [2.24, 2.45) is 0 Å². The first-order valence-electron chi connectivity index (χ1n) is 6.03. The summed E-state index contributed by atoms with van der Waals surface area (Å²) in [5.41, 5.74) is 4.41. The maximum absolute atomic E-state index is 3.58. The Morgan fingerprint density at radius 2 is 1.67 bits per heavy atom. The first-order chi connectivity index (χ1) is 7.45. The molecule has 0 spiro atoms. The predicted molar refractivity (Wildman–Crippen MR) is 64.2 cm³/mol. The molecule has 1 aliphatic rings. The normalized spacial score (nSPS) is 17.1. The fourth-order valence-electron chi connectivity index (χ4n) is 2.71. The van der Waals surface area contributed by atoms with E-state index in [1.165, 1.54) is 55.1 Å². The van der Waals surface area contributed by atoms with Gasteiger partial charge >= 0.3 is 0 Å². The van der Waals surface area contributed by atoms with Crippen LogP contribution in [0.3, 0.4) is 0 Å². The molecule has 1 aliphatic carbocycles. The largest absolute Gasteiger partial charge is 0.358 e. The van der Waals surface area contributed by atoms with Gasteiger partial charge in [-0.1, -0.05) is 31.0 Å². The molecule has 0 aliphatic heterocycles. The van der Waals surface area contributed by atoms with Crippen molar-refractivity contribution in [3.05, 3.63) is 35.5 Å². The van der Waals surface area contributed by atoms with E-state index in [1.807, 2.05) is 0 Å². The fraction of sp³-hybridized carbons (Fsp3) is 0.429. The molecule has 15 heavy (non-hydrogen) atoms. The van der Waals surface area contributed by atoms with Crippen LogP contribution in [0.25, 0.3) is 10.9 Å². The van der Waals surface area contributed by atoms with Gasteiger partial charge in [0.25, 0.3) is 0 Å². The van der Waals surface area contributed by atoms with Crippen LogP contribution in [-0.2, 0) is 12.8 Å². The summed E-state index contributed by atoms with van der Waals surface area (Å²) >= 11 is 0. The molecule has 1 heteroatoms. The van der Waals surface area contributed by atoms with Crippen LogP contribution >= 0.6 is 0 Å². The Morgan fingerprint density at radius 1 is 0.867 bits per heavy atom. The van der Waals surface area contributed by atoms with Gasteiger partial charge in [-0.15, -0.1) is 0 Å². The highest BCUT2D eigenvalue weighted by Crippen LogP contribution is 2.27. The number of aromatic amines is 1. The van der Waals surface area contributed by atoms with Crippen molar-refractivity contribution in [2.45, 2.75) is 38.5 Å². The SMILES string of the molecule is c1ccc2c3c([nH]c2c1)CCCCCC3. The molecule has 1 heterocycles. The van der Waals surface area contributed by atoms with Gasteiger partial charge < -0.3 is 4.98 Å². The maximum Gasteiger partial charge on any atom is 0.0458 e. The Morgan fingerprint density at radius 3 is 2.60 bits per heavy atom. The van der Waals surface area contributed by atoms with E-state index in [4.69, 9.17) is 0 Å². The van der Waals surface area contributed by atoms with Crippen LogP contribution in [0.1, 0.15) is 36.9 Å². The van der Waals surface area contributed by atoms with Gasteiger partial charge in [-0.3, -0.25) is 0 Å². The number of H-pyrrole nitrogens is 1. The smallest absolute Gasteiger partial charge is 0.0458 e. The highest BCUT2D eigenvalue weighted by Gasteiger charge is 2.12. The summed E-state index contributed by atoms with van der Waals surface area (Å²) < 4.78 is 0. The highest BCUT2D eigenvalue weighted by molar-refractivity contribution is 5.84. The monoisotopic (exact) mass is 199 g/mol. The minimum atomic E-state index is 1.24. The number of rotatable bonds is 0. The summed E-state index contributed by atoms with van der Waals surface area (Å²) in [6, 6.07) is 8.72. The summed E-state index contributed by atoms with van der Waals surface area (Å²) in [4.78, 5) is 3.58. The lowest BCUT2D eigenvalue weighted by Crippen LogP contribution is -1.97. The molecule has 1 aromatic carbocycles. The van der Waals surface area contributed by atoms with Crippen molar-refractivity contribution in [1.29, 1.82) is 0 Å². The van der Waals surface area contributed by atoms with E-state index in [0.717, 1.165) is 0 Å². The van der Waals surface area contributed by atoms with E-state index < -0.39 is 0 Å². The molecule has 2 aromatic rings. The number of para-hydroxylation sites is 1. The minimum absolute atomic E-state index is 1.24. The molecule has 78 valence electrons. The Labute approximate surface area is 90.5 Å². The number of nitrogens with one attached hydrogen (secondary N) is 1. The van der Waals surface area contributed by atoms with Gasteiger partial charge in [0.15, 0.2) is 0 Å². The zero-order valence-corrected chi connectivity index (χ0v) is 9.05. The van der Waals surface area contributed by atoms with Crippen molar-refractivity contribution >= 4 is 10.9 Å². The Hall–Kier alpha value is -1.24. The van der Waals surface area contributed by atoms with Gasteiger partial charge in [-0.05, 0) is 37.3 Å². The lowest BCUT2D eigenvalue weighted by molar-refractivity contribution is 0.614. The zero-order valence-electron chi connectivity index (χ0n) is 9.05. The number of aromatic nitrogens is 1. The number of benzene rings is 1. The summed E-state index contributed by atoms with van der Waals surface area (Å²) in [5.74, 6) is 0. The van der Waals surface area contributed by atoms with Crippen LogP contribution < -0.4 is 0 Å². The molecule has 0 unspecified atom stereocenters. The number of hydrogen-bond acceptors (Lipinski definition) is 0. The molecule has 1 N–H and O–H groups in total. The second-order valence-electron chi connectivity index (χ2n) is 4.54. The maximum atomic E-state index is 3.58. The third kappa shape index (κ3) is 1.56. The van der Waals surface area contributed by atoms with Crippen LogP contribution in [0, 0.1) is 0 Å². The standard InChI is InChI=1S/C14H17N/c1-2-4-9-13-11(7-3-1)12-8-5-6-10-14(12)15-13/h5-6,8,10,15H,1-4,7,9H2. The third-order valence-electron chi connectivity index (χ3n) is 3.51. The summed E-state index contributed by atoms with van der Waals surface area (Å²) in [7, 11) is 0. The van der Waals surface area contributed by atoms with E-state index in [2.05, 4.69) is 29.2 Å². The summed E-state index contributed by atoms with van der Waals surface area (Å²) in [6.45, 7) is 0. The van der Waals surface area contributed by atoms with Crippen molar-refractivity contribution in [1.82, 2.24) is 4.98 Å². The van der Waals surface area contributed by atoms with E-state index in [1.54, 1.807) is 5.56 Å². The van der Waals surface area contributed by atoms with Crippen molar-refractivity contribution in [2.75, 3.05) is 0 Å². The molecule has 1 nitrogen and oxygen atoms in total. The van der Waals surface area contributed by atoms with Gasteiger partial charge in [0.2, 0.25) is 0 Å². The van der Waals surface area contributed by atoms with E-state index in [0.29, 0.717) is 0 Å². The van der Waals surface area contributed by atoms with Crippen LogP contribution in [0.15, 0.2) is 24.3 Å². The molecule has 0 bridgehead atoms. The zero-order chi connectivity index (χ0) is 10.1. The predicted octanol–water partition coefficient (Wildman–Crippen LogP) is 3.83. The second kappa shape index (κ2) is 3.73. The Balaban J connectivity index is 2.15. The van der Waals surface area contributed by atoms with Gasteiger partial charge in [0, 0.05) is 16.6 Å². The molecule has 0 saturated carbocycles. The lowest BCUT2D eigenvalue weighted by Gasteiger charge is -2.09. The van der Waals surface area contributed by atoms with E-state index >= 15 is 0 Å². The Bertz CT molecular complexity index is 467. The molecule has 0 saturated heterocycles. The second-order valence-corrected chi connectivity index (χ2v) is 4.54. The average Bonchev–Trinajstić information content (AvgIpc) is 2.55. The Kier molecular flexibility index (Phi) is 2.24.